The highest BCUT2D eigenvalue weighted by Crippen LogP contribution is 2.31. The molecule has 0 aliphatic rings. The van der Waals surface area contributed by atoms with Gasteiger partial charge < -0.3 is 0 Å². The lowest BCUT2D eigenvalue weighted by atomic mass is 9.88. The molecular formula is C27H23O. The molecule has 0 aliphatic carbocycles. The first-order valence-corrected chi connectivity index (χ1v) is 9.72. The van der Waals surface area contributed by atoms with Crippen LogP contribution in [0.1, 0.15) is 33.4 Å². The van der Waals surface area contributed by atoms with Crippen molar-refractivity contribution in [1.29, 1.82) is 0 Å². The van der Waals surface area contributed by atoms with Gasteiger partial charge >= 0.3 is 0 Å². The first-order valence-electron chi connectivity index (χ1n) is 9.72. The first-order chi connectivity index (χ1) is 13.8. The summed E-state index contributed by atoms with van der Waals surface area (Å²) >= 11 is 0. The minimum Gasteiger partial charge on any atom is -0.290 e. The summed E-state index contributed by atoms with van der Waals surface area (Å²) in [5.74, 6) is 0.131. The molecule has 28 heavy (non-hydrogen) atoms. The number of hydrogen-bond donors (Lipinski definition) is 0. The second kappa shape index (κ2) is 8.58. The quantitative estimate of drug-likeness (QED) is 0.368. The van der Waals surface area contributed by atoms with Crippen LogP contribution in [0.15, 0.2) is 103 Å². The third kappa shape index (κ3) is 4.32. The maximum absolute atomic E-state index is 12.8. The van der Waals surface area contributed by atoms with Gasteiger partial charge in [-0.05, 0) is 46.7 Å². The van der Waals surface area contributed by atoms with Crippen molar-refractivity contribution in [2.45, 2.75) is 19.3 Å². The second-order valence-corrected chi connectivity index (χ2v) is 7.17. The SMILES string of the molecule is [O]c1ccc(Cc2ccccc2)c(Cc2ccccc2)c1Cc1ccccc1. The average molecular weight is 363 g/mol. The Morgan fingerprint density at radius 2 is 0.857 bits per heavy atom. The molecule has 0 aliphatic heterocycles. The van der Waals surface area contributed by atoms with Crippen molar-refractivity contribution in [3.8, 4) is 5.75 Å². The Kier molecular flexibility index (Phi) is 5.53. The molecule has 4 aromatic carbocycles. The monoisotopic (exact) mass is 363 g/mol. The molecule has 0 unspecified atom stereocenters. The van der Waals surface area contributed by atoms with Crippen LogP contribution in [0.4, 0.5) is 0 Å². The molecule has 137 valence electrons. The average Bonchev–Trinajstić information content (AvgIpc) is 2.75. The van der Waals surface area contributed by atoms with Crippen LogP contribution in [0, 0.1) is 0 Å². The van der Waals surface area contributed by atoms with Gasteiger partial charge in [0.25, 0.3) is 0 Å². The van der Waals surface area contributed by atoms with Gasteiger partial charge in [0.15, 0.2) is 5.75 Å². The fraction of sp³-hybridized carbons (Fsp3) is 0.111. The van der Waals surface area contributed by atoms with Gasteiger partial charge in [-0.3, -0.25) is 5.11 Å². The summed E-state index contributed by atoms with van der Waals surface area (Å²) in [6.07, 6.45) is 2.29. The smallest absolute Gasteiger partial charge is 0.182 e. The Bertz CT molecular complexity index is 1020. The van der Waals surface area contributed by atoms with E-state index < -0.39 is 0 Å². The third-order valence-electron chi connectivity index (χ3n) is 5.17. The predicted molar refractivity (Wildman–Crippen MR) is 114 cm³/mol. The van der Waals surface area contributed by atoms with Crippen molar-refractivity contribution in [3.63, 3.8) is 0 Å². The van der Waals surface area contributed by atoms with E-state index in [1.165, 1.54) is 27.8 Å². The van der Waals surface area contributed by atoms with Crippen molar-refractivity contribution < 1.29 is 5.11 Å². The van der Waals surface area contributed by atoms with Gasteiger partial charge in [0.05, 0.1) is 0 Å². The first kappa shape index (κ1) is 18.1. The third-order valence-corrected chi connectivity index (χ3v) is 5.17. The highest BCUT2D eigenvalue weighted by Gasteiger charge is 2.16. The van der Waals surface area contributed by atoms with E-state index in [1.807, 2.05) is 36.4 Å². The van der Waals surface area contributed by atoms with Gasteiger partial charge in [-0.1, -0.05) is 97.1 Å². The van der Waals surface area contributed by atoms with E-state index in [1.54, 1.807) is 6.07 Å². The van der Waals surface area contributed by atoms with Crippen molar-refractivity contribution in [3.05, 3.63) is 137 Å². The van der Waals surface area contributed by atoms with E-state index in [0.29, 0.717) is 6.42 Å². The maximum Gasteiger partial charge on any atom is 0.182 e. The number of benzene rings is 4. The van der Waals surface area contributed by atoms with Crippen LogP contribution < -0.4 is 0 Å². The Morgan fingerprint density at radius 3 is 1.36 bits per heavy atom. The fourth-order valence-electron chi connectivity index (χ4n) is 3.72. The molecule has 0 atom stereocenters. The lowest BCUT2D eigenvalue weighted by Crippen LogP contribution is -2.04. The van der Waals surface area contributed by atoms with Crippen LogP contribution in [-0.4, -0.2) is 0 Å². The molecule has 0 saturated carbocycles. The van der Waals surface area contributed by atoms with Crippen molar-refractivity contribution in [2.75, 3.05) is 0 Å². The van der Waals surface area contributed by atoms with Crippen LogP contribution in [-0.2, 0) is 24.4 Å². The molecule has 1 radical (unpaired) electrons. The largest absolute Gasteiger partial charge is 0.290 e. The molecule has 0 heterocycles. The van der Waals surface area contributed by atoms with Gasteiger partial charge in [0, 0.05) is 12.0 Å². The normalized spacial score (nSPS) is 10.7. The molecule has 4 rings (SSSR count). The minimum absolute atomic E-state index is 0.131. The van der Waals surface area contributed by atoms with E-state index in [9.17, 15) is 5.11 Å². The zero-order valence-corrected chi connectivity index (χ0v) is 15.8. The van der Waals surface area contributed by atoms with Gasteiger partial charge in [0.2, 0.25) is 0 Å². The van der Waals surface area contributed by atoms with Crippen molar-refractivity contribution in [2.24, 2.45) is 0 Å². The lowest BCUT2D eigenvalue weighted by Gasteiger charge is -2.16. The molecule has 0 saturated heterocycles. The fourth-order valence-corrected chi connectivity index (χ4v) is 3.72. The van der Waals surface area contributed by atoms with Crippen LogP contribution in [0.2, 0.25) is 0 Å². The van der Waals surface area contributed by atoms with Gasteiger partial charge in [-0.25, -0.2) is 0 Å². The molecular weight excluding hydrogens is 340 g/mol. The van der Waals surface area contributed by atoms with E-state index >= 15 is 0 Å². The van der Waals surface area contributed by atoms with Crippen LogP contribution in [0.25, 0.3) is 0 Å². The predicted octanol–water partition coefficient (Wildman–Crippen LogP) is 6.60. The maximum atomic E-state index is 12.8. The number of hydrogen-bond acceptors (Lipinski definition) is 0. The summed E-state index contributed by atoms with van der Waals surface area (Å²) in [7, 11) is 0. The standard InChI is InChI=1S/C27H23O/c28-27-17-16-24(18-21-10-4-1-5-11-21)25(19-22-12-6-2-7-13-22)26(27)20-23-14-8-3-9-15-23/h1-17H,18-20H2. The lowest BCUT2D eigenvalue weighted by molar-refractivity contribution is 0.350. The summed E-state index contributed by atoms with van der Waals surface area (Å²) in [5, 5.41) is 12.8. The van der Waals surface area contributed by atoms with Crippen LogP contribution >= 0.6 is 0 Å². The summed E-state index contributed by atoms with van der Waals surface area (Å²) in [4.78, 5) is 0. The number of rotatable bonds is 6. The van der Waals surface area contributed by atoms with Crippen molar-refractivity contribution in [1.82, 2.24) is 0 Å². The van der Waals surface area contributed by atoms with Gasteiger partial charge in [0.1, 0.15) is 0 Å². The van der Waals surface area contributed by atoms with Gasteiger partial charge in [-0.2, -0.15) is 0 Å². The summed E-state index contributed by atoms with van der Waals surface area (Å²) in [6.45, 7) is 0. The minimum atomic E-state index is 0.131. The highest BCUT2D eigenvalue weighted by atomic mass is 16.3. The Hall–Kier alpha value is -3.32. The zero-order valence-electron chi connectivity index (χ0n) is 15.8. The summed E-state index contributed by atoms with van der Waals surface area (Å²) in [5.41, 5.74) is 7.00. The van der Waals surface area contributed by atoms with E-state index in [4.69, 9.17) is 0 Å². The Balaban J connectivity index is 1.77. The van der Waals surface area contributed by atoms with Crippen molar-refractivity contribution >= 4 is 0 Å². The molecule has 0 N–H and O–H groups in total. The second-order valence-electron chi connectivity index (χ2n) is 7.17. The topological polar surface area (TPSA) is 19.9 Å². The van der Waals surface area contributed by atoms with Crippen LogP contribution in [0.3, 0.4) is 0 Å². The molecule has 0 bridgehead atoms. The molecule has 0 amide bonds. The molecule has 0 spiro atoms. The zero-order chi connectivity index (χ0) is 19.2. The van der Waals surface area contributed by atoms with E-state index in [2.05, 4.69) is 60.7 Å². The summed E-state index contributed by atoms with van der Waals surface area (Å²) in [6, 6.07) is 34.9. The summed E-state index contributed by atoms with van der Waals surface area (Å²) < 4.78 is 0. The highest BCUT2D eigenvalue weighted by molar-refractivity contribution is 5.50. The molecule has 0 aromatic heterocycles. The Labute approximate surface area is 166 Å². The van der Waals surface area contributed by atoms with E-state index in [0.717, 1.165) is 18.4 Å². The van der Waals surface area contributed by atoms with Crippen LogP contribution in [0.5, 0.6) is 5.75 Å². The molecule has 1 nitrogen and oxygen atoms in total. The Morgan fingerprint density at radius 1 is 0.429 bits per heavy atom. The van der Waals surface area contributed by atoms with Gasteiger partial charge in [-0.15, -0.1) is 0 Å². The molecule has 4 aromatic rings. The van der Waals surface area contributed by atoms with E-state index in [-0.39, 0.29) is 5.75 Å². The molecule has 0 fully saturated rings. The molecule has 1 heteroatoms.